The first-order valence-corrected chi connectivity index (χ1v) is 16.7. The highest BCUT2D eigenvalue weighted by molar-refractivity contribution is 7.92. The van der Waals surface area contributed by atoms with Crippen molar-refractivity contribution in [1.29, 1.82) is 0 Å². The van der Waals surface area contributed by atoms with Crippen molar-refractivity contribution in [2.75, 3.05) is 17.4 Å². The number of nitrogens with zero attached hydrogens (tertiary/aromatic N) is 2. The highest BCUT2D eigenvalue weighted by Crippen LogP contribution is 2.27. The molecule has 0 fully saturated rings. The van der Waals surface area contributed by atoms with E-state index in [4.69, 9.17) is 0 Å². The summed E-state index contributed by atoms with van der Waals surface area (Å²) in [6.45, 7) is 9.97. The zero-order valence-corrected chi connectivity index (χ0v) is 27.6. The molecule has 0 spiro atoms. The lowest BCUT2D eigenvalue weighted by Crippen LogP contribution is -2.53. The van der Waals surface area contributed by atoms with Gasteiger partial charge in [-0.05, 0) is 78.8 Å². The smallest absolute Gasteiger partial charge is 0.264 e. The topological polar surface area (TPSA) is 86.8 Å². The number of amides is 2. The van der Waals surface area contributed by atoms with Crippen LogP contribution in [0.3, 0.4) is 0 Å². The average molecular weight is 626 g/mol. The largest absolute Gasteiger partial charge is 0.354 e. The van der Waals surface area contributed by atoms with Crippen LogP contribution in [0.5, 0.6) is 0 Å². The van der Waals surface area contributed by atoms with E-state index in [1.807, 2.05) is 95.3 Å². The molecule has 0 aliphatic rings. The quantitative estimate of drug-likeness (QED) is 0.191. The number of benzene rings is 4. The number of hydrogen-bond acceptors (Lipinski definition) is 4. The summed E-state index contributed by atoms with van der Waals surface area (Å²) in [5.74, 6) is -0.544. The van der Waals surface area contributed by atoms with E-state index in [2.05, 4.69) is 5.32 Å². The molecule has 8 heteroatoms. The first kappa shape index (κ1) is 33.5. The third kappa shape index (κ3) is 8.60. The second kappa shape index (κ2) is 15.0. The van der Waals surface area contributed by atoms with Crippen LogP contribution in [0, 0.1) is 26.7 Å². The van der Waals surface area contributed by atoms with Crippen LogP contribution in [-0.2, 0) is 32.6 Å². The Labute approximate surface area is 268 Å². The van der Waals surface area contributed by atoms with Gasteiger partial charge in [-0.25, -0.2) is 8.42 Å². The molecule has 1 atom stereocenters. The summed E-state index contributed by atoms with van der Waals surface area (Å²) < 4.78 is 29.5. The molecular weight excluding hydrogens is 582 g/mol. The SMILES string of the molecule is Cc1ccc(N(CC(=O)N(Cc2ccccc2C)[C@H](Cc2ccccc2)C(=O)NCC(C)C)S(=O)(=O)c2ccccc2)cc1C. The van der Waals surface area contributed by atoms with Crippen molar-refractivity contribution in [3.8, 4) is 0 Å². The van der Waals surface area contributed by atoms with Crippen LogP contribution in [0.1, 0.15) is 41.7 Å². The number of sulfonamides is 1. The summed E-state index contributed by atoms with van der Waals surface area (Å²) in [6.07, 6.45) is 0.275. The van der Waals surface area contributed by atoms with Gasteiger partial charge in [-0.15, -0.1) is 0 Å². The van der Waals surface area contributed by atoms with E-state index in [9.17, 15) is 18.0 Å². The molecule has 1 N–H and O–H groups in total. The zero-order valence-electron chi connectivity index (χ0n) is 26.7. The monoisotopic (exact) mass is 625 g/mol. The molecule has 0 aromatic heterocycles. The Hall–Kier alpha value is -4.43. The number of nitrogens with one attached hydrogen (secondary N) is 1. The van der Waals surface area contributed by atoms with E-state index in [1.54, 1.807) is 35.2 Å². The number of anilines is 1. The minimum absolute atomic E-state index is 0.0805. The number of rotatable bonds is 13. The summed E-state index contributed by atoms with van der Waals surface area (Å²) in [7, 11) is -4.13. The Morgan fingerprint density at radius 1 is 0.756 bits per heavy atom. The van der Waals surface area contributed by atoms with Crippen molar-refractivity contribution < 1.29 is 18.0 Å². The van der Waals surface area contributed by atoms with Gasteiger partial charge < -0.3 is 10.2 Å². The number of aryl methyl sites for hydroxylation is 3. The van der Waals surface area contributed by atoms with E-state index in [-0.39, 0.29) is 29.7 Å². The first-order valence-electron chi connectivity index (χ1n) is 15.3. The molecule has 236 valence electrons. The fourth-order valence-electron chi connectivity index (χ4n) is 5.08. The van der Waals surface area contributed by atoms with Crippen molar-refractivity contribution in [3.05, 3.63) is 131 Å². The molecule has 0 aliphatic carbocycles. The molecule has 45 heavy (non-hydrogen) atoms. The van der Waals surface area contributed by atoms with Gasteiger partial charge in [0.25, 0.3) is 10.0 Å². The third-order valence-electron chi connectivity index (χ3n) is 7.95. The van der Waals surface area contributed by atoms with Crippen LogP contribution in [0.2, 0.25) is 0 Å². The Morgan fingerprint density at radius 3 is 2.00 bits per heavy atom. The molecule has 4 rings (SSSR count). The molecule has 0 heterocycles. The molecule has 4 aromatic carbocycles. The molecular formula is C37H43N3O4S. The van der Waals surface area contributed by atoms with E-state index in [1.165, 1.54) is 12.1 Å². The van der Waals surface area contributed by atoms with Gasteiger partial charge in [0.2, 0.25) is 11.8 Å². The molecule has 0 saturated carbocycles. The highest BCUT2D eigenvalue weighted by atomic mass is 32.2. The third-order valence-corrected chi connectivity index (χ3v) is 9.73. The van der Waals surface area contributed by atoms with E-state index < -0.39 is 28.5 Å². The van der Waals surface area contributed by atoms with Crippen LogP contribution < -0.4 is 9.62 Å². The average Bonchev–Trinajstić information content (AvgIpc) is 3.03. The Morgan fingerprint density at radius 2 is 1.38 bits per heavy atom. The normalized spacial score (nSPS) is 12.0. The number of carbonyl (C=O) groups excluding carboxylic acids is 2. The first-order chi connectivity index (χ1) is 21.5. The summed E-state index contributed by atoms with van der Waals surface area (Å²) in [5, 5.41) is 3.03. The molecule has 0 unspecified atom stereocenters. The summed E-state index contributed by atoms with van der Waals surface area (Å²) >= 11 is 0. The maximum Gasteiger partial charge on any atom is 0.264 e. The second-order valence-electron chi connectivity index (χ2n) is 11.9. The van der Waals surface area contributed by atoms with Gasteiger partial charge >= 0.3 is 0 Å². The van der Waals surface area contributed by atoms with Crippen molar-refractivity contribution >= 4 is 27.5 Å². The molecule has 0 radical (unpaired) electrons. The van der Waals surface area contributed by atoms with Crippen LogP contribution in [-0.4, -0.2) is 44.3 Å². The van der Waals surface area contributed by atoms with Crippen LogP contribution >= 0.6 is 0 Å². The van der Waals surface area contributed by atoms with Gasteiger partial charge in [0.15, 0.2) is 0 Å². The standard InChI is InChI=1S/C37H43N3O4S/c1-27(2)24-38-37(42)35(23-31-15-8-6-9-16-31)39(25-32-17-13-12-14-29(32)4)36(41)26-40(33-21-20-28(3)30(5)22-33)45(43,44)34-18-10-7-11-19-34/h6-22,27,35H,23-26H2,1-5H3,(H,38,42)/t35-/m1/s1. The van der Waals surface area contributed by atoms with Crippen molar-refractivity contribution in [3.63, 3.8) is 0 Å². The fourth-order valence-corrected chi connectivity index (χ4v) is 6.50. The number of hydrogen-bond donors (Lipinski definition) is 1. The lowest BCUT2D eigenvalue weighted by Gasteiger charge is -2.34. The Kier molecular flexibility index (Phi) is 11.2. The molecule has 0 bridgehead atoms. The lowest BCUT2D eigenvalue weighted by molar-refractivity contribution is -0.140. The van der Waals surface area contributed by atoms with Crippen molar-refractivity contribution in [1.82, 2.24) is 10.2 Å². The van der Waals surface area contributed by atoms with Gasteiger partial charge in [0.05, 0.1) is 10.6 Å². The highest BCUT2D eigenvalue weighted by Gasteiger charge is 2.35. The Balaban J connectivity index is 1.82. The summed E-state index contributed by atoms with van der Waals surface area (Å²) in [4.78, 5) is 30.1. The van der Waals surface area contributed by atoms with E-state index in [0.29, 0.717) is 12.2 Å². The summed E-state index contributed by atoms with van der Waals surface area (Å²) in [5.41, 5.74) is 5.04. The van der Waals surface area contributed by atoms with Gasteiger partial charge in [0.1, 0.15) is 12.6 Å². The maximum absolute atomic E-state index is 14.6. The number of carbonyl (C=O) groups is 2. The van der Waals surface area contributed by atoms with Crippen LogP contribution in [0.15, 0.2) is 108 Å². The molecule has 0 aliphatic heterocycles. The second-order valence-corrected chi connectivity index (χ2v) is 13.7. The van der Waals surface area contributed by atoms with E-state index in [0.717, 1.165) is 32.1 Å². The van der Waals surface area contributed by atoms with Crippen molar-refractivity contribution in [2.24, 2.45) is 5.92 Å². The Bertz CT molecular complexity index is 1710. The predicted molar refractivity (Wildman–Crippen MR) is 180 cm³/mol. The minimum atomic E-state index is -4.13. The zero-order chi connectivity index (χ0) is 32.6. The molecule has 7 nitrogen and oxygen atoms in total. The summed E-state index contributed by atoms with van der Waals surface area (Å²) in [6, 6.07) is 29.9. The van der Waals surface area contributed by atoms with Crippen LogP contribution in [0.4, 0.5) is 5.69 Å². The fraction of sp³-hybridized carbons (Fsp3) is 0.297. The maximum atomic E-state index is 14.6. The van der Waals surface area contributed by atoms with Crippen LogP contribution in [0.25, 0.3) is 0 Å². The van der Waals surface area contributed by atoms with E-state index >= 15 is 0 Å². The van der Waals surface area contributed by atoms with Gasteiger partial charge in [-0.3, -0.25) is 13.9 Å². The minimum Gasteiger partial charge on any atom is -0.354 e. The van der Waals surface area contributed by atoms with Crippen molar-refractivity contribution in [2.45, 2.75) is 58.5 Å². The molecule has 4 aromatic rings. The van der Waals surface area contributed by atoms with Gasteiger partial charge in [0, 0.05) is 19.5 Å². The lowest BCUT2D eigenvalue weighted by atomic mass is 10.0. The molecule has 2 amide bonds. The predicted octanol–water partition coefficient (Wildman–Crippen LogP) is 6.22. The van der Waals surface area contributed by atoms with Gasteiger partial charge in [-0.1, -0.05) is 92.7 Å². The van der Waals surface area contributed by atoms with Gasteiger partial charge in [-0.2, -0.15) is 0 Å². The molecule has 0 saturated heterocycles.